The van der Waals surface area contributed by atoms with E-state index in [9.17, 15) is 18.0 Å². The number of carboxylic acid groups (broad SMARTS) is 1. The highest BCUT2D eigenvalue weighted by molar-refractivity contribution is 7.90. The number of carboxylic acids is 1. The van der Waals surface area contributed by atoms with Gasteiger partial charge in [0.1, 0.15) is 0 Å². The third-order valence-electron chi connectivity index (χ3n) is 2.37. The van der Waals surface area contributed by atoms with Crippen molar-refractivity contribution in [3.63, 3.8) is 0 Å². The summed E-state index contributed by atoms with van der Waals surface area (Å²) in [6.07, 6.45) is 0.324. The van der Waals surface area contributed by atoms with Gasteiger partial charge in [-0.1, -0.05) is 20.8 Å². The van der Waals surface area contributed by atoms with Gasteiger partial charge in [0, 0.05) is 6.54 Å². The summed E-state index contributed by atoms with van der Waals surface area (Å²) in [6, 6.07) is 0. The van der Waals surface area contributed by atoms with Gasteiger partial charge in [-0.15, -0.1) is 0 Å². The predicted molar refractivity (Wildman–Crippen MR) is 73.6 cm³/mol. The Kier molecular flexibility index (Phi) is 7.15. The molecule has 0 saturated carbocycles. The zero-order valence-corrected chi connectivity index (χ0v) is 13.1. The first-order valence-corrected chi connectivity index (χ1v) is 7.98. The molecule has 1 unspecified atom stereocenters. The summed E-state index contributed by atoms with van der Waals surface area (Å²) < 4.78 is 29.9. The van der Waals surface area contributed by atoms with E-state index in [-0.39, 0.29) is 18.6 Å². The van der Waals surface area contributed by atoms with Crippen LogP contribution in [0.4, 0.5) is 0 Å². The molecule has 0 aliphatic rings. The Balaban J connectivity index is 4.54. The van der Waals surface area contributed by atoms with Crippen LogP contribution in [-0.4, -0.2) is 44.4 Å². The maximum absolute atomic E-state index is 11.6. The van der Waals surface area contributed by atoms with E-state index in [0.717, 1.165) is 0 Å². The van der Waals surface area contributed by atoms with Gasteiger partial charge in [0.05, 0.1) is 12.5 Å². The van der Waals surface area contributed by atoms with E-state index in [4.69, 9.17) is 5.11 Å². The fourth-order valence-corrected chi connectivity index (χ4v) is 2.57. The first-order valence-electron chi connectivity index (χ1n) is 6.32. The van der Waals surface area contributed by atoms with Crippen molar-refractivity contribution in [3.8, 4) is 0 Å². The summed E-state index contributed by atoms with van der Waals surface area (Å²) in [5, 5.41) is 9.07. The Hall–Kier alpha value is -1.15. The fraction of sp³-hybridized carbons (Fsp3) is 0.833. The highest BCUT2D eigenvalue weighted by atomic mass is 32.2. The van der Waals surface area contributed by atoms with E-state index < -0.39 is 33.6 Å². The second-order valence-electron chi connectivity index (χ2n) is 5.71. The van der Waals surface area contributed by atoms with Gasteiger partial charge in [0.2, 0.25) is 10.0 Å². The van der Waals surface area contributed by atoms with E-state index in [1.165, 1.54) is 0 Å². The fourth-order valence-electron chi connectivity index (χ4n) is 1.62. The van der Waals surface area contributed by atoms with Gasteiger partial charge in [-0.25, -0.2) is 13.1 Å². The maximum atomic E-state index is 11.6. The van der Waals surface area contributed by atoms with Gasteiger partial charge in [-0.3, -0.25) is 9.59 Å². The molecule has 0 radical (unpaired) electrons. The minimum Gasteiger partial charge on any atom is -0.481 e. The van der Waals surface area contributed by atoms with Crippen molar-refractivity contribution in [1.82, 2.24) is 4.72 Å². The summed E-state index contributed by atoms with van der Waals surface area (Å²) in [5.74, 6) is -3.57. The third kappa shape index (κ3) is 8.87. The minimum atomic E-state index is -3.88. The van der Waals surface area contributed by atoms with Crippen LogP contribution >= 0.6 is 0 Å². The molecule has 0 heterocycles. The topological polar surface area (TPSA) is 110 Å². The van der Waals surface area contributed by atoms with Crippen LogP contribution in [0.5, 0.6) is 0 Å². The largest absolute Gasteiger partial charge is 0.481 e. The summed E-state index contributed by atoms with van der Waals surface area (Å²) in [6.45, 7) is 7.04. The second-order valence-corrected chi connectivity index (χ2v) is 7.52. The number of esters is 1. The summed E-state index contributed by atoms with van der Waals surface area (Å²) >= 11 is 0. The number of hydrogen-bond donors (Lipinski definition) is 2. The van der Waals surface area contributed by atoms with Crippen LogP contribution in [0.3, 0.4) is 0 Å². The summed E-state index contributed by atoms with van der Waals surface area (Å²) in [5.41, 5.74) is -0.240. The van der Waals surface area contributed by atoms with Crippen LogP contribution in [0.25, 0.3) is 0 Å². The van der Waals surface area contributed by atoms with E-state index in [1.54, 1.807) is 6.92 Å². The smallest absolute Gasteiger partial charge is 0.322 e. The monoisotopic (exact) mass is 309 g/mol. The number of aliphatic carboxylic acids is 1. The first kappa shape index (κ1) is 18.9. The number of ether oxygens (including phenoxy) is 1. The van der Waals surface area contributed by atoms with Gasteiger partial charge < -0.3 is 9.84 Å². The zero-order valence-electron chi connectivity index (χ0n) is 12.3. The molecule has 8 heteroatoms. The van der Waals surface area contributed by atoms with Crippen LogP contribution in [0, 0.1) is 11.3 Å². The molecule has 20 heavy (non-hydrogen) atoms. The van der Waals surface area contributed by atoms with Crippen LogP contribution in [0.1, 0.15) is 34.1 Å². The Bertz CT molecular complexity index is 437. The molecule has 0 aromatic carbocycles. The van der Waals surface area contributed by atoms with Crippen LogP contribution < -0.4 is 4.72 Å². The molecule has 0 aliphatic heterocycles. The third-order valence-corrected chi connectivity index (χ3v) is 3.59. The molecule has 0 aliphatic carbocycles. The quantitative estimate of drug-likeness (QED) is 0.636. The number of nitrogens with one attached hydrogen (secondary N) is 1. The average molecular weight is 309 g/mol. The average Bonchev–Trinajstić information content (AvgIpc) is 2.21. The Labute approximate surface area is 119 Å². The molecular weight excluding hydrogens is 286 g/mol. The van der Waals surface area contributed by atoms with Crippen molar-refractivity contribution >= 4 is 22.0 Å². The number of rotatable bonds is 8. The van der Waals surface area contributed by atoms with Crippen LogP contribution in [0.15, 0.2) is 0 Å². The number of carbonyl (C=O) groups is 2. The molecule has 1 atom stereocenters. The molecular formula is C12H23NO6S. The number of carbonyl (C=O) groups excluding carboxylic acids is 1. The molecule has 0 aromatic heterocycles. The highest BCUT2D eigenvalue weighted by Crippen LogP contribution is 2.24. The predicted octanol–water partition coefficient (Wildman–Crippen LogP) is 0.606. The van der Waals surface area contributed by atoms with E-state index in [1.807, 2.05) is 20.8 Å². The van der Waals surface area contributed by atoms with Crippen molar-refractivity contribution < 1.29 is 27.9 Å². The zero-order chi connectivity index (χ0) is 16.0. The van der Waals surface area contributed by atoms with Gasteiger partial charge in [0.25, 0.3) is 0 Å². The first-order chi connectivity index (χ1) is 8.97. The van der Waals surface area contributed by atoms with Crippen LogP contribution in [0.2, 0.25) is 0 Å². The van der Waals surface area contributed by atoms with E-state index >= 15 is 0 Å². The lowest BCUT2D eigenvalue weighted by molar-refractivity contribution is -0.142. The van der Waals surface area contributed by atoms with Gasteiger partial charge in [0.15, 0.2) is 5.75 Å². The number of sulfonamides is 1. The second kappa shape index (κ2) is 7.58. The lowest BCUT2D eigenvalue weighted by atomic mass is 9.85. The highest BCUT2D eigenvalue weighted by Gasteiger charge is 2.27. The molecule has 118 valence electrons. The van der Waals surface area contributed by atoms with Crippen LogP contribution in [-0.2, 0) is 24.3 Å². The van der Waals surface area contributed by atoms with Crippen molar-refractivity contribution in [3.05, 3.63) is 0 Å². The van der Waals surface area contributed by atoms with Gasteiger partial charge in [-0.2, -0.15) is 0 Å². The maximum Gasteiger partial charge on any atom is 0.322 e. The van der Waals surface area contributed by atoms with Crippen molar-refractivity contribution in [2.45, 2.75) is 34.1 Å². The molecule has 0 saturated heterocycles. The molecule has 2 N–H and O–H groups in total. The minimum absolute atomic E-state index is 0.0934. The molecule has 0 spiro atoms. The lowest BCUT2D eigenvalue weighted by Gasteiger charge is -2.23. The van der Waals surface area contributed by atoms with Gasteiger partial charge >= 0.3 is 11.9 Å². The Morgan fingerprint density at radius 2 is 1.85 bits per heavy atom. The number of hydrogen-bond acceptors (Lipinski definition) is 5. The molecule has 0 aromatic rings. The van der Waals surface area contributed by atoms with Crippen molar-refractivity contribution in [2.24, 2.45) is 11.3 Å². The molecule has 0 amide bonds. The molecule has 7 nitrogen and oxygen atoms in total. The SMILES string of the molecule is CCOC(=O)CS(=O)(=O)NCC(CC(C)(C)C)C(=O)O. The Morgan fingerprint density at radius 3 is 2.25 bits per heavy atom. The molecule has 0 fully saturated rings. The summed E-state index contributed by atoms with van der Waals surface area (Å²) in [4.78, 5) is 22.2. The lowest BCUT2D eigenvalue weighted by Crippen LogP contribution is -2.37. The van der Waals surface area contributed by atoms with Gasteiger partial charge in [-0.05, 0) is 18.8 Å². The van der Waals surface area contributed by atoms with E-state index in [2.05, 4.69) is 9.46 Å². The molecule has 0 bridgehead atoms. The van der Waals surface area contributed by atoms with Crippen molar-refractivity contribution in [1.29, 1.82) is 0 Å². The van der Waals surface area contributed by atoms with Crippen molar-refractivity contribution in [2.75, 3.05) is 18.9 Å². The Morgan fingerprint density at radius 1 is 1.30 bits per heavy atom. The molecule has 0 rings (SSSR count). The standard InChI is InChI=1S/C12H23NO6S/c1-5-19-10(14)8-20(17,18)13-7-9(11(15)16)6-12(2,3)4/h9,13H,5-8H2,1-4H3,(H,15,16). The van der Waals surface area contributed by atoms with E-state index in [0.29, 0.717) is 6.42 Å². The normalized spacial score (nSPS) is 13.8. The summed E-state index contributed by atoms with van der Waals surface area (Å²) in [7, 11) is -3.88.